The Morgan fingerprint density at radius 1 is 1.27 bits per heavy atom. The first-order valence-electron chi connectivity index (χ1n) is 5.29. The van der Waals surface area contributed by atoms with E-state index in [9.17, 15) is 0 Å². The van der Waals surface area contributed by atoms with E-state index in [1.807, 2.05) is 12.2 Å². The van der Waals surface area contributed by atoms with Crippen LogP contribution in [0, 0.1) is 0 Å². The molecule has 15 heavy (non-hydrogen) atoms. The molecule has 0 aromatic heterocycles. The second-order valence-electron chi connectivity index (χ2n) is 3.75. The van der Waals surface area contributed by atoms with Gasteiger partial charge in [-0.1, -0.05) is 44.2 Å². The molecule has 0 aliphatic carbocycles. The number of allylic oxidation sites excluding steroid dienone is 1. The molecule has 1 N–H and O–H groups in total. The first kappa shape index (κ1) is 12.1. The summed E-state index contributed by atoms with van der Waals surface area (Å²) < 4.78 is 0. The number of hydrogen-bond acceptors (Lipinski definition) is 1. The van der Waals surface area contributed by atoms with Crippen LogP contribution in [-0.4, -0.2) is 12.4 Å². The lowest BCUT2D eigenvalue weighted by molar-refractivity contribution is 0.867. The second kappa shape index (κ2) is 6.52. The molecule has 1 aromatic carbocycles. The molecule has 1 nitrogen and oxygen atoms in total. The Hall–Kier alpha value is -0.950. The summed E-state index contributed by atoms with van der Waals surface area (Å²) in [5.41, 5.74) is 2.57. The van der Waals surface area contributed by atoms with Gasteiger partial charge in [-0.15, -0.1) is 11.6 Å². The molecular weight excluding hydrogens is 206 g/mol. The lowest BCUT2D eigenvalue weighted by Crippen LogP contribution is -2.02. The van der Waals surface area contributed by atoms with Gasteiger partial charge in [0.1, 0.15) is 0 Å². The molecule has 0 bridgehead atoms. The summed E-state index contributed by atoms with van der Waals surface area (Å²) in [4.78, 5) is 0. The van der Waals surface area contributed by atoms with Crippen molar-refractivity contribution < 1.29 is 0 Å². The average Bonchev–Trinajstić information content (AvgIpc) is 2.25. The first-order chi connectivity index (χ1) is 7.25. The summed E-state index contributed by atoms with van der Waals surface area (Å²) in [6.07, 6.45) is 4.00. The smallest absolute Gasteiger partial charge is 0.0404 e. The van der Waals surface area contributed by atoms with Crippen molar-refractivity contribution in [1.29, 1.82) is 0 Å². The Labute approximate surface area is 97.1 Å². The van der Waals surface area contributed by atoms with Crippen LogP contribution < -0.4 is 5.32 Å². The predicted molar refractivity (Wildman–Crippen MR) is 68.9 cm³/mol. The van der Waals surface area contributed by atoms with Gasteiger partial charge in [0.2, 0.25) is 0 Å². The van der Waals surface area contributed by atoms with Crippen molar-refractivity contribution in [1.82, 2.24) is 0 Å². The highest BCUT2D eigenvalue weighted by atomic mass is 35.5. The van der Waals surface area contributed by atoms with Crippen LogP contribution in [0.4, 0.5) is 5.69 Å². The molecular formula is C13H18ClN. The van der Waals surface area contributed by atoms with Crippen molar-refractivity contribution in [2.24, 2.45) is 0 Å². The van der Waals surface area contributed by atoms with Gasteiger partial charge in [-0.25, -0.2) is 0 Å². The van der Waals surface area contributed by atoms with Crippen LogP contribution in [0.25, 0.3) is 0 Å². The van der Waals surface area contributed by atoms with E-state index in [2.05, 4.69) is 43.4 Å². The maximum absolute atomic E-state index is 5.55. The molecule has 0 spiro atoms. The Bertz CT molecular complexity index is 318. The number of benzene rings is 1. The first-order valence-corrected chi connectivity index (χ1v) is 5.83. The van der Waals surface area contributed by atoms with E-state index in [4.69, 9.17) is 11.6 Å². The van der Waals surface area contributed by atoms with E-state index in [0.29, 0.717) is 11.8 Å². The van der Waals surface area contributed by atoms with E-state index in [0.717, 1.165) is 6.54 Å². The maximum atomic E-state index is 5.55. The number of rotatable bonds is 5. The third-order valence-corrected chi connectivity index (χ3v) is 2.43. The summed E-state index contributed by atoms with van der Waals surface area (Å²) >= 11 is 5.55. The molecule has 1 aromatic rings. The van der Waals surface area contributed by atoms with E-state index >= 15 is 0 Å². The topological polar surface area (TPSA) is 12.0 Å². The summed E-state index contributed by atoms with van der Waals surface area (Å²) in [5.74, 6) is 1.12. The van der Waals surface area contributed by atoms with Crippen LogP contribution >= 0.6 is 11.6 Å². The molecule has 0 atom stereocenters. The minimum absolute atomic E-state index is 0.547. The Morgan fingerprint density at radius 3 is 2.67 bits per heavy atom. The van der Waals surface area contributed by atoms with Crippen LogP contribution in [0.15, 0.2) is 36.4 Å². The van der Waals surface area contributed by atoms with Gasteiger partial charge in [0.15, 0.2) is 0 Å². The quantitative estimate of drug-likeness (QED) is 0.588. The van der Waals surface area contributed by atoms with Crippen LogP contribution in [-0.2, 0) is 0 Å². The van der Waals surface area contributed by atoms with E-state index in [-0.39, 0.29) is 0 Å². The molecule has 2 heteroatoms. The fourth-order valence-electron chi connectivity index (χ4n) is 1.48. The van der Waals surface area contributed by atoms with Gasteiger partial charge in [0.25, 0.3) is 0 Å². The van der Waals surface area contributed by atoms with Crippen molar-refractivity contribution >= 4 is 17.3 Å². The fraction of sp³-hybridized carbons (Fsp3) is 0.385. The summed E-state index contributed by atoms with van der Waals surface area (Å²) in [6.45, 7) is 5.24. The lowest BCUT2D eigenvalue weighted by Gasteiger charge is -2.13. The number of para-hydroxylation sites is 1. The number of alkyl halides is 1. The Kier molecular flexibility index (Phi) is 5.27. The van der Waals surface area contributed by atoms with Crippen LogP contribution in [0.5, 0.6) is 0 Å². The largest absolute Gasteiger partial charge is 0.381 e. The highest BCUT2D eigenvalue weighted by Crippen LogP contribution is 2.23. The number of hydrogen-bond donors (Lipinski definition) is 1. The summed E-state index contributed by atoms with van der Waals surface area (Å²) in [5, 5.41) is 3.38. The van der Waals surface area contributed by atoms with Crippen LogP contribution in [0.3, 0.4) is 0 Å². The lowest BCUT2D eigenvalue weighted by atomic mass is 10.0. The highest BCUT2D eigenvalue weighted by Gasteiger charge is 2.03. The van der Waals surface area contributed by atoms with Crippen molar-refractivity contribution in [3.05, 3.63) is 42.0 Å². The van der Waals surface area contributed by atoms with E-state index < -0.39 is 0 Å². The third-order valence-electron chi connectivity index (χ3n) is 2.25. The normalized spacial score (nSPS) is 11.2. The van der Waals surface area contributed by atoms with Gasteiger partial charge >= 0.3 is 0 Å². The summed E-state index contributed by atoms with van der Waals surface area (Å²) in [7, 11) is 0. The van der Waals surface area contributed by atoms with Crippen molar-refractivity contribution in [2.45, 2.75) is 19.8 Å². The second-order valence-corrected chi connectivity index (χ2v) is 4.06. The van der Waals surface area contributed by atoms with Crippen molar-refractivity contribution in [3.63, 3.8) is 0 Å². The van der Waals surface area contributed by atoms with Gasteiger partial charge in [-0.3, -0.25) is 0 Å². The minimum Gasteiger partial charge on any atom is -0.381 e. The zero-order chi connectivity index (χ0) is 11.1. The maximum Gasteiger partial charge on any atom is 0.0404 e. The van der Waals surface area contributed by atoms with Gasteiger partial charge < -0.3 is 5.32 Å². The average molecular weight is 224 g/mol. The van der Waals surface area contributed by atoms with Gasteiger partial charge in [-0.05, 0) is 17.5 Å². The molecule has 0 saturated carbocycles. The number of anilines is 1. The van der Waals surface area contributed by atoms with Crippen molar-refractivity contribution in [3.8, 4) is 0 Å². The molecule has 1 rings (SSSR count). The van der Waals surface area contributed by atoms with Crippen molar-refractivity contribution in [2.75, 3.05) is 17.7 Å². The highest BCUT2D eigenvalue weighted by molar-refractivity contribution is 6.18. The number of nitrogens with one attached hydrogen (secondary N) is 1. The monoisotopic (exact) mass is 223 g/mol. The molecule has 0 fully saturated rings. The minimum atomic E-state index is 0.547. The molecule has 82 valence electrons. The molecule has 0 radical (unpaired) electrons. The molecule has 0 heterocycles. The van der Waals surface area contributed by atoms with Gasteiger partial charge in [-0.2, -0.15) is 0 Å². The van der Waals surface area contributed by atoms with E-state index in [1.165, 1.54) is 11.3 Å². The van der Waals surface area contributed by atoms with Crippen LogP contribution in [0.2, 0.25) is 0 Å². The zero-order valence-electron chi connectivity index (χ0n) is 9.33. The molecule has 0 amide bonds. The standard InChI is InChI=1S/C13H18ClN/c1-11(2)12-7-3-4-8-13(12)15-10-6-5-9-14/h3-8,11,15H,9-10H2,1-2H3/b6-5+. The SMILES string of the molecule is CC(C)c1ccccc1NC/C=C/CCl. The predicted octanol–water partition coefficient (Wildman–Crippen LogP) is 4.02. The number of halogens is 1. The third kappa shape index (κ3) is 3.96. The van der Waals surface area contributed by atoms with E-state index in [1.54, 1.807) is 0 Å². The summed E-state index contributed by atoms with van der Waals surface area (Å²) in [6, 6.07) is 8.41. The molecule has 0 unspecified atom stereocenters. The van der Waals surface area contributed by atoms with Gasteiger partial charge in [0, 0.05) is 18.1 Å². The molecule has 0 aliphatic rings. The molecule has 0 aliphatic heterocycles. The van der Waals surface area contributed by atoms with Gasteiger partial charge in [0.05, 0.1) is 0 Å². The zero-order valence-corrected chi connectivity index (χ0v) is 10.1. The Morgan fingerprint density at radius 2 is 2.00 bits per heavy atom. The Balaban J connectivity index is 2.63. The fourth-order valence-corrected chi connectivity index (χ4v) is 1.60. The molecule has 0 saturated heterocycles. The van der Waals surface area contributed by atoms with Crippen LogP contribution in [0.1, 0.15) is 25.3 Å².